The Bertz CT molecular complexity index is 224. The first kappa shape index (κ1) is 16.5. The largest absolute Gasteiger partial charge is 0.316 e. The summed E-state index contributed by atoms with van der Waals surface area (Å²) in [5, 5.41) is 2.89. The maximum Gasteiger partial charge on any atom is 0.211 e. The molecule has 14 heavy (non-hydrogen) atoms. The van der Waals surface area contributed by atoms with Crippen molar-refractivity contribution in [3.05, 3.63) is 0 Å². The molecule has 0 aliphatic heterocycles. The Morgan fingerprint density at radius 1 is 1.43 bits per heavy atom. The van der Waals surface area contributed by atoms with Crippen molar-refractivity contribution >= 4 is 22.4 Å². The summed E-state index contributed by atoms with van der Waals surface area (Å²) in [7, 11) is -1.53. The predicted molar refractivity (Wildman–Crippen MR) is 58.2 cm³/mol. The van der Waals surface area contributed by atoms with Gasteiger partial charge in [-0.25, -0.2) is 13.1 Å². The van der Waals surface area contributed by atoms with Crippen LogP contribution in [0.25, 0.3) is 0 Å². The van der Waals surface area contributed by atoms with Crippen LogP contribution in [0, 0.1) is 0 Å². The molecule has 0 amide bonds. The van der Waals surface area contributed by atoms with E-state index in [2.05, 4.69) is 10.0 Å². The lowest BCUT2D eigenvalue weighted by Crippen LogP contribution is -2.38. The first-order valence-corrected chi connectivity index (χ1v) is 5.87. The van der Waals surface area contributed by atoms with Gasteiger partial charge in [-0.2, -0.15) is 0 Å². The number of likely N-dealkylation sites (N-methyl/N-ethyl adjacent to an activating group) is 1. The maximum absolute atomic E-state index is 11.7. The number of hydrogen-bond acceptors (Lipinski definition) is 3. The molecule has 0 aromatic heterocycles. The molecule has 1 atom stereocenters. The molecule has 0 bridgehead atoms. The van der Waals surface area contributed by atoms with Gasteiger partial charge in [0.25, 0.3) is 0 Å². The average molecular weight is 249 g/mol. The van der Waals surface area contributed by atoms with Gasteiger partial charge in [-0.3, -0.25) is 4.39 Å². The van der Waals surface area contributed by atoms with E-state index >= 15 is 0 Å². The van der Waals surface area contributed by atoms with Crippen molar-refractivity contribution in [2.75, 3.05) is 26.0 Å². The van der Waals surface area contributed by atoms with Crippen LogP contribution in [-0.4, -0.2) is 40.5 Å². The Labute approximate surface area is 91.1 Å². The molecule has 0 spiro atoms. The minimum absolute atomic E-state index is 0. The Balaban J connectivity index is 0. The minimum atomic E-state index is -3.28. The van der Waals surface area contributed by atoms with Gasteiger partial charge in [-0.1, -0.05) is 0 Å². The Morgan fingerprint density at radius 2 is 2.00 bits per heavy atom. The van der Waals surface area contributed by atoms with Gasteiger partial charge in [0, 0.05) is 12.6 Å². The normalized spacial score (nSPS) is 13.4. The van der Waals surface area contributed by atoms with E-state index in [-0.39, 0.29) is 30.6 Å². The molecule has 88 valence electrons. The van der Waals surface area contributed by atoms with Crippen LogP contribution < -0.4 is 10.0 Å². The van der Waals surface area contributed by atoms with Gasteiger partial charge in [-0.05, 0) is 20.4 Å². The molecule has 0 rings (SSSR count). The molecule has 2 N–H and O–H groups in total. The second-order valence-corrected chi connectivity index (χ2v) is 4.83. The van der Waals surface area contributed by atoms with Gasteiger partial charge in [0.05, 0.1) is 12.4 Å². The van der Waals surface area contributed by atoms with Gasteiger partial charge in [-0.15, -0.1) is 12.4 Å². The summed E-state index contributed by atoms with van der Waals surface area (Å²) in [5.41, 5.74) is 0. The quantitative estimate of drug-likeness (QED) is 0.681. The van der Waals surface area contributed by atoms with Gasteiger partial charge in [0.15, 0.2) is 0 Å². The lowest BCUT2D eigenvalue weighted by molar-refractivity contribution is 0.482. The highest BCUT2D eigenvalue weighted by Gasteiger charge is 2.10. The Morgan fingerprint density at radius 3 is 2.43 bits per heavy atom. The second-order valence-electron chi connectivity index (χ2n) is 2.90. The summed E-state index contributed by atoms with van der Waals surface area (Å²) in [5.74, 6) is -0.139. The first-order valence-electron chi connectivity index (χ1n) is 4.22. The highest BCUT2D eigenvalue weighted by Crippen LogP contribution is 1.90. The van der Waals surface area contributed by atoms with Crippen LogP contribution in [0.5, 0.6) is 0 Å². The SMILES string of the molecule is CNC(C)CNS(=O)(=O)CCCF.Cl. The molecular weight excluding hydrogens is 231 g/mol. The van der Waals surface area contributed by atoms with Crippen LogP contribution >= 0.6 is 12.4 Å². The molecular formula is C7H18ClFN2O2S. The van der Waals surface area contributed by atoms with E-state index in [1.807, 2.05) is 6.92 Å². The van der Waals surface area contributed by atoms with Crippen molar-refractivity contribution in [3.8, 4) is 0 Å². The van der Waals surface area contributed by atoms with Gasteiger partial charge in [0.1, 0.15) is 0 Å². The van der Waals surface area contributed by atoms with Crippen molar-refractivity contribution in [2.24, 2.45) is 0 Å². The maximum atomic E-state index is 11.7. The molecule has 0 aromatic rings. The summed E-state index contributed by atoms with van der Waals surface area (Å²) < 4.78 is 36.3. The third-order valence-corrected chi connectivity index (χ3v) is 3.08. The summed E-state index contributed by atoms with van der Waals surface area (Å²) in [6, 6.07) is 0.0835. The summed E-state index contributed by atoms with van der Waals surface area (Å²) >= 11 is 0. The highest BCUT2D eigenvalue weighted by molar-refractivity contribution is 7.89. The third kappa shape index (κ3) is 8.68. The monoisotopic (exact) mass is 248 g/mol. The molecule has 4 nitrogen and oxygen atoms in total. The number of sulfonamides is 1. The molecule has 0 saturated carbocycles. The third-order valence-electron chi connectivity index (χ3n) is 1.65. The highest BCUT2D eigenvalue weighted by atomic mass is 35.5. The number of halogens is 2. The molecule has 0 aliphatic rings. The topological polar surface area (TPSA) is 58.2 Å². The average Bonchev–Trinajstić information content (AvgIpc) is 2.11. The fourth-order valence-corrected chi connectivity index (χ4v) is 1.81. The van der Waals surface area contributed by atoms with E-state index in [1.54, 1.807) is 7.05 Å². The molecule has 0 heterocycles. The van der Waals surface area contributed by atoms with Gasteiger partial charge in [0.2, 0.25) is 10.0 Å². The summed E-state index contributed by atoms with van der Waals surface area (Å²) in [6.45, 7) is 1.60. The first-order chi connectivity index (χ1) is 6.02. The lowest BCUT2D eigenvalue weighted by atomic mass is 10.4. The van der Waals surface area contributed by atoms with E-state index in [1.165, 1.54) is 0 Å². The Hall–Kier alpha value is 0.0900. The van der Waals surface area contributed by atoms with Crippen molar-refractivity contribution in [1.29, 1.82) is 0 Å². The molecule has 0 saturated heterocycles. The smallest absolute Gasteiger partial charge is 0.211 e. The summed E-state index contributed by atoms with van der Waals surface area (Å²) in [6.07, 6.45) is 0.0588. The second kappa shape index (κ2) is 8.40. The van der Waals surface area contributed by atoms with Gasteiger partial charge < -0.3 is 5.32 Å². The van der Waals surface area contributed by atoms with Crippen LogP contribution in [0.2, 0.25) is 0 Å². The molecule has 0 aromatic carbocycles. The van der Waals surface area contributed by atoms with Crippen LogP contribution in [-0.2, 0) is 10.0 Å². The van der Waals surface area contributed by atoms with Crippen LogP contribution in [0.4, 0.5) is 4.39 Å². The number of nitrogens with one attached hydrogen (secondary N) is 2. The molecule has 0 aliphatic carbocycles. The minimum Gasteiger partial charge on any atom is -0.316 e. The van der Waals surface area contributed by atoms with Crippen molar-refractivity contribution in [2.45, 2.75) is 19.4 Å². The van der Waals surface area contributed by atoms with Crippen molar-refractivity contribution in [3.63, 3.8) is 0 Å². The zero-order chi connectivity index (χ0) is 10.3. The van der Waals surface area contributed by atoms with E-state index < -0.39 is 16.7 Å². The van der Waals surface area contributed by atoms with Crippen molar-refractivity contribution < 1.29 is 12.8 Å². The standard InChI is InChI=1S/C7H17FN2O2S.ClH/c1-7(9-2)6-10-13(11,12)5-3-4-8;/h7,9-10H,3-6H2,1-2H3;1H. The number of alkyl halides is 1. The number of hydrogen-bond donors (Lipinski definition) is 2. The van der Waals surface area contributed by atoms with Gasteiger partial charge >= 0.3 is 0 Å². The van der Waals surface area contributed by atoms with E-state index in [4.69, 9.17) is 0 Å². The number of rotatable bonds is 7. The van der Waals surface area contributed by atoms with E-state index in [0.29, 0.717) is 6.54 Å². The molecule has 0 fully saturated rings. The van der Waals surface area contributed by atoms with E-state index in [9.17, 15) is 12.8 Å². The van der Waals surface area contributed by atoms with Crippen molar-refractivity contribution in [1.82, 2.24) is 10.0 Å². The van der Waals surface area contributed by atoms with Crippen LogP contribution in [0.1, 0.15) is 13.3 Å². The van der Waals surface area contributed by atoms with Crippen LogP contribution in [0.15, 0.2) is 0 Å². The zero-order valence-corrected chi connectivity index (χ0v) is 10.0. The lowest BCUT2D eigenvalue weighted by Gasteiger charge is -2.11. The Kier molecular flexibility index (Phi) is 9.91. The fraction of sp³-hybridized carbons (Fsp3) is 1.00. The zero-order valence-electron chi connectivity index (χ0n) is 8.42. The molecule has 0 radical (unpaired) electrons. The fourth-order valence-electron chi connectivity index (χ4n) is 0.671. The van der Waals surface area contributed by atoms with E-state index in [0.717, 1.165) is 0 Å². The molecule has 1 unspecified atom stereocenters. The predicted octanol–water partition coefficient (Wildman–Crippen LogP) is 0.295. The van der Waals surface area contributed by atoms with Crippen LogP contribution in [0.3, 0.4) is 0 Å². The molecule has 7 heteroatoms. The summed E-state index contributed by atoms with van der Waals surface area (Å²) in [4.78, 5) is 0.